The first-order chi connectivity index (χ1) is 8.96. The topological polar surface area (TPSA) is 73.6 Å². The molecule has 1 aromatic rings. The third kappa shape index (κ3) is 5.52. The Morgan fingerprint density at radius 2 is 2.11 bits per heavy atom. The first-order valence-corrected chi connectivity index (χ1v) is 5.58. The van der Waals surface area contributed by atoms with Gasteiger partial charge in [-0.25, -0.2) is 8.78 Å². The van der Waals surface area contributed by atoms with E-state index in [4.69, 9.17) is 15.2 Å². The van der Waals surface area contributed by atoms with Gasteiger partial charge in [-0.15, -0.1) is 0 Å². The number of methoxy groups -OCH3 is 1. The third-order valence-electron chi connectivity index (χ3n) is 2.25. The predicted octanol–water partition coefficient (Wildman–Crippen LogP) is 0.784. The predicted molar refractivity (Wildman–Crippen MR) is 65.5 cm³/mol. The summed E-state index contributed by atoms with van der Waals surface area (Å²) in [5, 5.41) is 2.05. The van der Waals surface area contributed by atoms with Crippen LogP contribution in [-0.2, 0) is 4.79 Å². The Morgan fingerprint density at radius 3 is 2.74 bits per heavy atom. The van der Waals surface area contributed by atoms with E-state index in [2.05, 4.69) is 0 Å². The summed E-state index contributed by atoms with van der Waals surface area (Å²) >= 11 is 0. The van der Waals surface area contributed by atoms with Gasteiger partial charge in [-0.2, -0.15) is 0 Å². The monoisotopic (exact) mass is 274 g/mol. The molecule has 0 aromatic heterocycles. The molecule has 0 atom stereocenters. The Hall–Kier alpha value is -1.89. The van der Waals surface area contributed by atoms with Crippen molar-refractivity contribution in [2.75, 3.05) is 26.8 Å². The molecular formula is C12H16F2N2O3. The van der Waals surface area contributed by atoms with Gasteiger partial charge in [-0.3, -0.25) is 4.79 Å². The number of ether oxygens (including phenoxy) is 2. The summed E-state index contributed by atoms with van der Waals surface area (Å²) < 4.78 is 35.7. The van der Waals surface area contributed by atoms with Gasteiger partial charge in [-0.1, -0.05) is 6.07 Å². The van der Waals surface area contributed by atoms with Crippen molar-refractivity contribution in [3.63, 3.8) is 0 Å². The van der Waals surface area contributed by atoms with E-state index < -0.39 is 24.9 Å². The average Bonchev–Trinajstić information content (AvgIpc) is 2.43. The number of amides is 1. The molecule has 0 unspecified atom stereocenters. The van der Waals surface area contributed by atoms with E-state index in [1.165, 1.54) is 7.11 Å². The smallest absolute Gasteiger partial charge is 0.277 e. The molecule has 0 bridgehead atoms. The lowest BCUT2D eigenvalue weighted by molar-refractivity contribution is -0.124. The van der Waals surface area contributed by atoms with Gasteiger partial charge in [0.2, 0.25) is 0 Å². The van der Waals surface area contributed by atoms with Gasteiger partial charge in [0, 0.05) is 6.07 Å². The highest BCUT2D eigenvalue weighted by molar-refractivity contribution is 5.77. The molecule has 0 aliphatic carbocycles. The van der Waals surface area contributed by atoms with E-state index in [1.807, 2.05) is 5.32 Å². The molecule has 0 aliphatic heterocycles. The molecule has 0 radical (unpaired) electrons. The lowest BCUT2D eigenvalue weighted by atomic mass is 10.3. The number of benzene rings is 1. The summed E-state index contributed by atoms with van der Waals surface area (Å²) in [6.45, 7) is -1.97. The summed E-state index contributed by atoms with van der Waals surface area (Å²) in [6.07, 6.45) is 0. The lowest BCUT2D eigenvalue weighted by Crippen LogP contribution is -2.43. The first-order valence-electron chi connectivity index (χ1n) is 5.58. The fraction of sp³-hybridized carbons (Fsp3) is 0.417. The maximum Gasteiger partial charge on any atom is 0.277 e. The molecule has 1 amide bonds. The number of carbonyl (C=O) groups is 1. The van der Waals surface area contributed by atoms with Crippen molar-refractivity contribution in [3.05, 3.63) is 24.3 Å². The standard InChI is InChI=1S/C12H16F2N2O3/c1-18-9-3-2-4-10(5-9)19-6-11(17)16-8-12(13,14)7-15/h2-5H,6-8,15H2,1H3,(H,16,17). The van der Waals surface area contributed by atoms with Crippen LogP contribution < -0.4 is 20.5 Å². The van der Waals surface area contributed by atoms with Gasteiger partial charge in [0.25, 0.3) is 11.8 Å². The fourth-order valence-electron chi connectivity index (χ4n) is 1.19. The van der Waals surface area contributed by atoms with Crippen molar-refractivity contribution in [3.8, 4) is 11.5 Å². The van der Waals surface area contributed by atoms with E-state index in [1.54, 1.807) is 24.3 Å². The lowest BCUT2D eigenvalue weighted by Gasteiger charge is -2.14. The molecule has 0 spiro atoms. The number of halogens is 2. The highest BCUT2D eigenvalue weighted by Crippen LogP contribution is 2.18. The molecule has 0 saturated carbocycles. The van der Waals surface area contributed by atoms with E-state index in [0.29, 0.717) is 11.5 Å². The second kappa shape index (κ2) is 6.89. The summed E-state index contributed by atoms with van der Waals surface area (Å²) in [5.74, 6) is -2.75. The number of hydrogen-bond donors (Lipinski definition) is 2. The second-order valence-electron chi connectivity index (χ2n) is 3.80. The van der Waals surface area contributed by atoms with Crippen LogP contribution in [0, 0.1) is 0 Å². The van der Waals surface area contributed by atoms with Crippen LogP contribution >= 0.6 is 0 Å². The van der Waals surface area contributed by atoms with E-state index in [-0.39, 0.29) is 6.61 Å². The van der Waals surface area contributed by atoms with Gasteiger partial charge in [0.05, 0.1) is 20.2 Å². The first kappa shape index (κ1) is 15.2. The zero-order chi connectivity index (χ0) is 14.3. The minimum atomic E-state index is -3.11. The number of alkyl halides is 2. The van der Waals surface area contributed by atoms with Gasteiger partial charge in [0.1, 0.15) is 11.5 Å². The fourth-order valence-corrected chi connectivity index (χ4v) is 1.19. The van der Waals surface area contributed by atoms with Crippen molar-refractivity contribution < 1.29 is 23.0 Å². The Labute approximate surface area is 109 Å². The summed E-state index contributed by atoms with van der Waals surface area (Å²) in [6, 6.07) is 6.62. The highest BCUT2D eigenvalue weighted by Gasteiger charge is 2.27. The number of hydrogen-bond acceptors (Lipinski definition) is 4. The molecule has 0 aliphatic rings. The van der Waals surface area contributed by atoms with E-state index >= 15 is 0 Å². The Bertz CT molecular complexity index is 427. The maximum absolute atomic E-state index is 12.8. The molecule has 0 fully saturated rings. The van der Waals surface area contributed by atoms with Crippen LogP contribution in [0.5, 0.6) is 11.5 Å². The summed E-state index contributed by atoms with van der Waals surface area (Å²) in [7, 11) is 1.50. The van der Waals surface area contributed by atoms with E-state index in [9.17, 15) is 13.6 Å². The summed E-state index contributed by atoms with van der Waals surface area (Å²) in [5.41, 5.74) is 4.84. The van der Waals surface area contributed by atoms with Gasteiger partial charge >= 0.3 is 0 Å². The minimum Gasteiger partial charge on any atom is -0.497 e. The third-order valence-corrected chi connectivity index (χ3v) is 2.25. The molecule has 5 nitrogen and oxygen atoms in total. The van der Waals surface area contributed by atoms with Crippen molar-refractivity contribution in [2.45, 2.75) is 5.92 Å². The second-order valence-corrected chi connectivity index (χ2v) is 3.80. The minimum absolute atomic E-state index is 0.353. The molecule has 106 valence electrons. The van der Waals surface area contributed by atoms with Crippen LogP contribution in [0.15, 0.2) is 24.3 Å². The molecule has 3 N–H and O–H groups in total. The molecule has 0 saturated heterocycles. The number of nitrogens with two attached hydrogens (primary N) is 1. The van der Waals surface area contributed by atoms with Crippen LogP contribution in [0.2, 0.25) is 0 Å². The van der Waals surface area contributed by atoms with Crippen molar-refractivity contribution in [1.82, 2.24) is 5.32 Å². The molecule has 19 heavy (non-hydrogen) atoms. The van der Waals surface area contributed by atoms with Crippen LogP contribution in [0.25, 0.3) is 0 Å². The van der Waals surface area contributed by atoms with Crippen LogP contribution in [0.1, 0.15) is 0 Å². The van der Waals surface area contributed by atoms with E-state index in [0.717, 1.165) is 0 Å². The number of carbonyl (C=O) groups excluding carboxylic acids is 1. The quantitative estimate of drug-likeness (QED) is 0.770. The Balaban J connectivity index is 2.37. The average molecular weight is 274 g/mol. The van der Waals surface area contributed by atoms with Crippen molar-refractivity contribution >= 4 is 5.91 Å². The van der Waals surface area contributed by atoms with Gasteiger partial charge in [-0.05, 0) is 12.1 Å². The molecule has 1 aromatic carbocycles. The molecule has 0 heterocycles. The van der Waals surface area contributed by atoms with Crippen molar-refractivity contribution in [2.24, 2.45) is 5.73 Å². The zero-order valence-electron chi connectivity index (χ0n) is 10.5. The van der Waals surface area contributed by atoms with Crippen LogP contribution in [0.4, 0.5) is 8.78 Å². The van der Waals surface area contributed by atoms with Crippen molar-refractivity contribution in [1.29, 1.82) is 0 Å². The SMILES string of the molecule is COc1cccc(OCC(=O)NCC(F)(F)CN)c1. The van der Waals surface area contributed by atoms with Gasteiger partial charge < -0.3 is 20.5 Å². The van der Waals surface area contributed by atoms with Crippen LogP contribution in [0.3, 0.4) is 0 Å². The van der Waals surface area contributed by atoms with Crippen LogP contribution in [-0.4, -0.2) is 38.6 Å². The van der Waals surface area contributed by atoms with Gasteiger partial charge in [0.15, 0.2) is 6.61 Å². The Morgan fingerprint density at radius 1 is 1.42 bits per heavy atom. The molecule has 7 heteroatoms. The maximum atomic E-state index is 12.8. The number of rotatable bonds is 7. The largest absolute Gasteiger partial charge is 0.497 e. The highest BCUT2D eigenvalue weighted by atomic mass is 19.3. The Kier molecular flexibility index (Phi) is 5.50. The molecular weight excluding hydrogens is 258 g/mol. The zero-order valence-corrected chi connectivity index (χ0v) is 10.5. The summed E-state index contributed by atoms with van der Waals surface area (Å²) in [4.78, 5) is 11.3. The molecule has 1 rings (SSSR count). The number of nitrogens with one attached hydrogen (secondary N) is 1. The normalized spacial score (nSPS) is 10.9.